The van der Waals surface area contributed by atoms with Gasteiger partial charge in [-0.05, 0) is 54.6 Å². The number of aromatic nitrogens is 6. The topological polar surface area (TPSA) is 53.5 Å². The summed E-state index contributed by atoms with van der Waals surface area (Å²) in [4.78, 5) is 0. The molecular formula is C27H24IrN6. The quantitative estimate of drug-likeness (QED) is 0.257. The fourth-order valence-corrected chi connectivity index (χ4v) is 3.01. The molecule has 6 nitrogen and oxygen atoms in total. The maximum Gasteiger partial charge on any atom is 0.0645 e. The van der Waals surface area contributed by atoms with E-state index in [1.807, 2.05) is 142 Å². The van der Waals surface area contributed by atoms with E-state index in [1.54, 1.807) is 18.6 Å². The molecule has 3 heterocycles. The first kappa shape index (κ1) is 24.6. The van der Waals surface area contributed by atoms with Crippen LogP contribution < -0.4 is 0 Å². The molecule has 0 aliphatic heterocycles. The fraction of sp³-hybridized carbons (Fsp3) is 0. The molecule has 34 heavy (non-hydrogen) atoms. The zero-order chi connectivity index (χ0) is 22.6. The van der Waals surface area contributed by atoms with Gasteiger partial charge in [-0.15, -0.1) is 0 Å². The van der Waals surface area contributed by atoms with Crippen molar-refractivity contribution in [1.29, 1.82) is 0 Å². The van der Waals surface area contributed by atoms with Crippen molar-refractivity contribution in [3.63, 3.8) is 0 Å². The Hall–Kier alpha value is -4.06. The molecule has 6 aromatic rings. The van der Waals surface area contributed by atoms with Crippen molar-refractivity contribution in [3.8, 4) is 17.1 Å². The number of benzene rings is 3. The number of hydrogen-bond acceptors (Lipinski definition) is 3. The van der Waals surface area contributed by atoms with E-state index in [9.17, 15) is 0 Å². The maximum absolute atomic E-state index is 4.10. The Morgan fingerprint density at radius 3 is 0.824 bits per heavy atom. The predicted octanol–water partition coefficient (Wildman–Crippen LogP) is 5.61. The third-order valence-electron chi connectivity index (χ3n) is 4.58. The summed E-state index contributed by atoms with van der Waals surface area (Å²) in [5.74, 6) is 0. The normalized spacial score (nSPS) is 9.53. The first-order valence-electron chi connectivity index (χ1n) is 10.6. The maximum atomic E-state index is 4.10. The van der Waals surface area contributed by atoms with Crippen molar-refractivity contribution in [2.45, 2.75) is 0 Å². The van der Waals surface area contributed by atoms with Gasteiger partial charge in [0.25, 0.3) is 0 Å². The van der Waals surface area contributed by atoms with Gasteiger partial charge in [0.05, 0.1) is 17.1 Å². The average molecular weight is 625 g/mol. The molecule has 0 aliphatic carbocycles. The molecule has 0 unspecified atom stereocenters. The van der Waals surface area contributed by atoms with Gasteiger partial charge >= 0.3 is 0 Å². The largest absolute Gasteiger partial charge is 0.241 e. The second-order valence-electron chi connectivity index (χ2n) is 6.86. The van der Waals surface area contributed by atoms with Gasteiger partial charge in [-0.3, -0.25) is 0 Å². The Bertz CT molecular complexity index is 1100. The standard InChI is InChI=1S/3C9H8N2.Ir/c3*1-2-5-9(6-3-1)11-8-4-7-10-11;/h3*1-8H;. The Kier molecular flexibility index (Phi) is 9.74. The van der Waals surface area contributed by atoms with Crippen LogP contribution >= 0.6 is 0 Å². The van der Waals surface area contributed by atoms with Crippen molar-refractivity contribution in [3.05, 3.63) is 146 Å². The summed E-state index contributed by atoms with van der Waals surface area (Å²) >= 11 is 0. The molecule has 7 heteroatoms. The van der Waals surface area contributed by atoms with Crippen LogP contribution in [0.2, 0.25) is 0 Å². The molecule has 1 radical (unpaired) electrons. The number of nitrogens with zero attached hydrogens (tertiary/aromatic N) is 6. The second kappa shape index (κ2) is 13.5. The second-order valence-corrected chi connectivity index (χ2v) is 6.86. The molecule has 0 saturated heterocycles. The molecule has 0 bridgehead atoms. The van der Waals surface area contributed by atoms with Crippen molar-refractivity contribution in [2.24, 2.45) is 0 Å². The van der Waals surface area contributed by atoms with E-state index in [4.69, 9.17) is 0 Å². The molecule has 0 spiro atoms. The van der Waals surface area contributed by atoms with Gasteiger partial charge in [-0.25, -0.2) is 14.0 Å². The summed E-state index contributed by atoms with van der Waals surface area (Å²) < 4.78 is 5.50. The van der Waals surface area contributed by atoms with Crippen LogP contribution in [-0.2, 0) is 20.1 Å². The minimum absolute atomic E-state index is 0. The molecular weight excluding hydrogens is 601 g/mol. The average Bonchev–Trinajstić information content (AvgIpc) is 3.70. The van der Waals surface area contributed by atoms with Crippen LogP contribution in [0.25, 0.3) is 17.1 Å². The van der Waals surface area contributed by atoms with Crippen LogP contribution in [0.3, 0.4) is 0 Å². The fourth-order valence-electron chi connectivity index (χ4n) is 3.01. The van der Waals surface area contributed by atoms with E-state index in [-0.39, 0.29) is 20.1 Å². The first-order valence-corrected chi connectivity index (χ1v) is 10.6. The van der Waals surface area contributed by atoms with E-state index < -0.39 is 0 Å². The molecule has 0 amide bonds. The van der Waals surface area contributed by atoms with Crippen LogP contribution in [-0.4, -0.2) is 29.3 Å². The van der Waals surface area contributed by atoms with Crippen LogP contribution in [0.15, 0.2) is 146 Å². The Morgan fingerprint density at radius 1 is 0.353 bits per heavy atom. The molecule has 6 rings (SSSR count). The number of para-hydroxylation sites is 3. The summed E-state index contributed by atoms with van der Waals surface area (Å²) in [5, 5.41) is 12.3. The molecule has 0 atom stereocenters. The van der Waals surface area contributed by atoms with Gasteiger partial charge in [-0.1, -0.05) is 54.6 Å². The summed E-state index contributed by atoms with van der Waals surface area (Å²) in [5.41, 5.74) is 3.28. The van der Waals surface area contributed by atoms with Crippen LogP contribution in [0.5, 0.6) is 0 Å². The van der Waals surface area contributed by atoms with E-state index in [2.05, 4.69) is 15.3 Å². The van der Waals surface area contributed by atoms with Gasteiger partial charge in [0.2, 0.25) is 0 Å². The number of rotatable bonds is 3. The minimum atomic E-state index is 0. The van der Waals surface area contributed by atoms with E-state index in [0.29, 0.717) is 0 Å². The summed E-state index contributed by atoms with van der Waals surface area (Å²) in [6.45, 7) is 0. The first-order chi connectivity index (χ1) is 16.4. The molecule has 0 saturated carbocycles. The van der Waals surface area contributed by atoms with Gasteiger partial charge in [0, 0.05) is 57.3 Å². The predicted molar refractivity (Wildman–Crippen MR) is 131 cm³/mol. The van der Waals surface area contributed by atoms with Gasteiger partial charge < -0.3 is 0 Å². The smallest absolute Gasteiger partial charge is 0.0645 e. The SMILES string of the molecule is [Ir].c1ccc(-n2cccn2)cc1.c1ccc(-n2cccn2)cc1.c1ccc(-n2cccn2)cc1. The van der Waals surface area contributed by atoms with Crippen molar-refractivity contribution in [2.75, 3.05) is 0 Å². The third-order valence-corrected chi connectivity index (χ3v) is 4.58. The Morgan fingerprint density at radius 2 is 0.618 bits per heavy atom. The van der Waals surface area contributed by atoms with Crippen molar-refractivity contribution >= 4 is 0 Å². The third kappa shape index (κ3) is 7.23. The van der Waals surface area contributed by atoms with Crippen molar-refractivity contribution < 1.29 is 20.1 Å². The van der Waals surface area contributed by atoms with Crippen LogP contribution in [0.1, 0.15) is 0 Å². The van der Waals surface area contributed by atoms with Crippen molar-refractivity contribution in [1.82, 2.24) is 29.3 Å². The molecule has 3 aromatic carbocycles. The zero-order valence-electron chi connectivity index (χ0n) is 18.4. The summed E-state index contributed by atoms with van der Waals surface area (Å²) in [7, 11) is 0. The van der Waals surface area contributed by atoms with E-state index in [1.165, 1.54) is 0 Å². The number of hydrogen-bond donors (Lipinski definition) is 0. The molecule has 0 N–H and O–H groups in total. The van der Waals surface area contributed by atoms with E-state index >= 15 is 0 Å². The Balaban J connectivity index is 0.000000141. The van der Waals surface area contributed by atoms with Gasteiger partial charge in [-0.2, -0.15) is 15.3 Å². The van der Waals surface area contributed by atoms with Crippen LogP contribution in [0.4, 0.5) is 0 Å². The zero-order valence-corrected chi connectivity index (χ0v) is 20.8. The minimum Gasteiger partial charge on any atom is -0.241 e. The Labute approximate surface area is 212 Å². The molecule has 0 aliphatic rings. The van der Waals surface area contributed by atoms with Gasteiger partial charge in [0.15, 0.2) is 0 Å². The molecule has 0 fully saturated rings. The van der Waals surface area contributed by atoms with E-state index in [0.717, 1.165) is 17.1 Å². The molecule has 3 aromatic heterocycles. The van der Waals surface area contributed by atoms with Gasteiger partial charge in [0.1, 0.15) is 0 Å². The molecule has 171 valence electrons. The van der Waals surface area contributed by atoms with Crippen LogP contribution in [0, 0.1) is 0 Å². The summed E-state index contributed by atoms with van der Waals surface area (Å²) in [6.07, 6.45) is 11.1. The monoisotopic (exact) mass is 625 g/mol. The summed E-state index contributed by atoms with van der Waals surface area (Å²) in [6, 6.07) is 35.8.